The third kappa shape index (κ3) is 3.38. The van der Waals surface area contributed by atoms with Crippen LogP contribution in [0.15, 0.2) is 64.0 Å². The van der Waals surface area contributed by atoms with Crippen LogP contribution in [-0.4, -0.2) is 35.1 Å². The van der Waals surface area contributed by atoms with E-state index < -0.39 is 0 Å². The Balaban J connectivity index is 1.60. The van der Waals surface area contributed by atoms with Gasteiger partial charge in [0.1, 0.15) is 5.58 Å². The van der Waals surface area contributed by atoms with Crippen molar-refractivity contribution >= 4 is 16.9 Å². The van der Waals surface area contributed by atoms with E-state index in [9.17, 15) is 14.7 Å². The van der Waals surface area contributed by atoms with E-state index in [0.29, 0.717) is 23.1 Å². The van der Waals surface area contributed by atoms with Crippen molar-refractivity contribution in [1.29, 1.82) is 0 Å². The Labute approximate surface area is 156 Å². The van der Waals surface area contributed by atoms with Gasteiger partial charge in [0.05, 0.1) is 24.3 Å². The molecule has 1 atom stereocenters. The number of piperidine rings is 1. The van der Waals surface area contributed by atoms with Crippen molar-refractivity contribution in [2.45, 2.75) is 25.3 Å². The second kappa shape index (κ2) is 7.37. The van der Waals surface area contributed by atoms with Crippen LogP contribution in [0.5, 0.6) is 0 Å². The highest BCUT2D eigenvalue weighted by atomic mass is 16.3. The van der Waals surface area contributed by atoms with Gasteiger partial charge in [-0.3, -0.25) is 9.59 Å². The number of benzene rings is 2. The van der Waals surface area contributed by atoms with Crippen molar-refractivity contribution < 1.29 is 14.3 Å². The summed E-state index contributed by atoms with van der Waals surface area (Å²) < 4.78 is 5.44. The molecule has 0 radical (unpaired) electrons. The zero-order valence-electron chi connectivity index (χ0n) is 14.9. The minimum Gasteiger partial charge on any atom is -0.464 e. The summed E-state index contributed by atoms with van der Waals surface area (Å²) in [6.07, 6.45) is 4.27. The van der Waals surface area contributed by atoms with Crippen molar-refractivity contribution in [1.82, 2.24) is 4.90 Å². The van der Waals surface area contributed by atoms with Crippen LogP contribution in [0.1, 0.15) is 29.6 Å². The van der Waals surface area contributed by atoms with Gasteiger partial charge in [-0.25, -0.2) is 0 Å². The van der Waals surface area contributed by atoms with E-state index in [1.165, 1.54) is 12.3 Å². The number of hydrogen-bond donors (Lipinski definition) is 1. The first-order valence-corrected chi connectivity index (χ1v) is 9.21. The third-order valence-corrected chi connectivity index (χ3v) is 5.23. The molecule has 2 aromatic carbocycles. The molecule has 3 aromatic rings. The Morgan fingerprint density at radius 1 is 1.07 bits per heavy atom. The molecule has 5 heteroatoms. The molecule has 1 amide bonds. The zero-order valence-corrected chi connectivity index (χ0v) is 14.9. The van der Waals surface area contributed by atoms with Crippen LogP contribution >= 0.6 is 0 Å². The highest BCUT2D eigenvalue weighted by molar-refractivity contribution is 5.95. The van der Waals surface area contributed by atoms with Gasteiger partial charge < -0.3 is 14.4 Å². The molecular formula is C22H21NO4. The van der Waals surface area contributed by atoms with E-state index in [1.807, 2.05) is 36.4 Å². The number of aliphatic hydroxyl groups is 1. The van der Waals surface area contributed by atoms with Crippen LogP contribution in [0.4, 0.5) is 0 Å². The summed E-state index contributed by atoms with van der Waals surface area (Å²) in [7, 11) is 0. The first-order chi connectivity index (χ1) is 13.2. The number of carbonyl (C=O) groups excluding carboxylic acids is 1. The zero-order chi connectivity index (χ0) is 18.8. The Morgan fingerprint density at radius 3 is 2.63 bits per heavy atom. The van der Waals surface area contributed by atoms with E-state index in [1.54, 1.807) is 11.0 Å². The second-order valence-corrected chi connectivity index (χ2v) is 6.90. The fourth-order valence-corrected chi connectivity index (χ4v) is 3.69. The van der Waals surface area contributed by atoms with E-state index in [4.69, 9.17) is 4.42 Å². The number of amides is 1. The van der Waals surface area contributed by atoms with E-state index in [-0.39, 0.29) is 24.0 Å². The summed E-state index contributed by atoms with van der Waals surface area (Å²) in [6, 6.07) is 14.2. The summed E-state index contributed by atoms with van der Waals surface area (Å²) in [6.45, 7) is 0.696. The minimum absolute atomic E-state index is 0.00607. The summed E-state index contributed by atoms with van der Waals surface area (Å²) in [5.74, 6) is -0.0372. The van der Waals surface area contributed by atoms with Gasteiger partial charge in [-0.15, -0.1) is 0 Å². The Hall–Kier alpha value is -2.92. The molecule has 1 saturated heterocycles. The number of nitrogens with zero attached hydrogens (tertiary/aromatic N) is 1. The van der Waals surface area contributed by atoms with Crippen LogP contribution < -0.4 is 5.43 Å². The molecule has 0 bridgehead atoms. The summed E-state index contributed by atoms with van der Waals surface area (Å²) in [5.41, 5.74) is 2.95. The molecule has 1 N–H and O–H groups in total. The topological polar surface area (TPSA) is 70.8 Å². The molecule has 138 valence electrons. The molecule has 1 aromatic heterocycles. The lowest BCUT2D eigenvalue weighted by Gasteiger charge is -2.34. The van der Waals surface area contributed by atoms with Gasteiger partial charge in [-0.1, -0.05) is 18.2 Å². The summed E-state index contributed by atoms with van der Waals surface area (Å²) >= 11 is 0. The van der Waals surface area contributed by atoms with Crippen molar-refractivity contribution in [2.24, 2.45) is 0 Å². The predicted octanol–water partition coefficient (Wildman–Crippen LogP) is 3.45. The van der Waals surface area contributed by atoms with Crippen LogP contribution in [-0.2, 0) is 0 Å². The van der Waals surface area contributed by atoms with Crippen LogP contribution in [0.3, 0.4) is 0 Å². The van der Waals surface area contributed by atoms with Crippen molar-refractivity contribution in [3.05, 3.63) is 70.6 Å². The lowest BCUT2D eigenvalue weighted by molar-refractivity contribution is 0.0503. The van der Waals surface area contributed by atoms with Gasteiger partial charge in [0.25, 0.3) is 5.91 Å². The average Bonchev–Trinajstić information content (AvgIpc) is 2.73. The number of fused-ring (bicyclic) bond motifs is 1. The molecule has 0 saturated carbocycles. The number of aliphatic hydroxyl groups excluding tert-OH is 1. The maximum absolute atomic E-state index is 12.8. The van der Waals surface area contributed by atoms with E-state index >= 15 is 0 Å². The lowest BCUT2D eigenvalue weighted by Crippen LogP contribution is -2.45. The quantitative estimate of drug-likeness (QED) is 0.774. The first kappa shape index (κ1) is 17.5. The number of likely N-dealkylation sites (tertiary alicyclic amines) is 1. The maximum Gasteiger partial charge on any atom is 0.254 e. The van der Waals surface area contributed by atoms with Crippen molar-refractivity contribution in [2.75, 3.05) is 13.2 Å². The Bertz CT molecular complexity index is 1020. The van der Waals surface area contributed by atoms with E-state index in [0.717, 1.165) is 30.4 Å². The summed E-state index contributed by atoms with van der Waals surface area (Å²) in [4.78, 5) is 26.4. The van der Waals surface area contributed by atoms with E-state index in [2.05, 4.69) is 0 Å². The molecule has 4 rings (SSSR count). The lowest BCUT2D eigenvalue weighted by atomic mass is 9.99. The molecule has 5 nitrogen and oxygen atoms in total. The number of carbonyl (C=O) groups is 1. The highest BCUT2D eigenvalue weighted by Crippen LogP contribution is 2.25. The van der Waals surface area contributed by atoms with Crippen LogP contribution in [0.2, 0.25) is 0 Å². The molecule has 1 fully saturated rings. The predicted molar refractivity (Wildman–Crippen MR) is 104 cm³/mol. The van der Waals surface area contributed by atoms with Crippen LogP contribution in [0, 0.1) is 0 Å². The molecule has 1 aliphatic heterocycles. The monoisotopic (exact) mass is 363 g/mol. The van der Waals surface area contributed by atoms with Gasteiger partial charge in [-0.2, -0.15) is 0 Å². The molecular weight excluding hydrogens is 342 g/mol. The van der Waals surface area contributed by atoms with Gasteiger partial charge >= 0.3 is 0 Å². The second-order valence-electron chi connectivity index (χ2n) is 6.90. The van der Waals surface area contributed by atoms with Crippen molar-refractivity contribution in [3.8, 4) is 11.1 Å². The fraction of sp³-hybridized carbons (Fsp3) is 0.273. The maximum atomic E-state index is 12.8. The SMILES string of the molecule is O=C(c1ccc(-c2ccc3c(=O)ccoc3c2)cc1)N1CCCC[C@@H]1CO. The number of hydrogen-bond acceptors (Lipinski definition) is 4. The molecule has 0 spiro atoms. The van der Waals surface area contributed by atoms with Gasteiger partial charge in [0, 0.05) is 18.2 Å². The van der Waals surface area contributed by atoms with Gasteiger partial charge in [0.2, 0.25) is 0 Å². The van der Waals surface area contributed by atoms with Crippen LogP contribution in [0.25, 0.3) is 22.1 Å². The standard InChI is InChI=1S/C22H21NO4/c24-14-18-3-1-2-11-23(18)22(26)16-6-4-15(5-7-16)17-8-9-19-20(25)10-12-27-21(19)13-17/h4-10,12-13,18,24H,1-3,11,14H2/t18-/m1/s1. The third-order valence-electron chi connectivity index (χ3n) is 5.23. The first-order valence-electron chi connectivity index (χ1n) is 9.21. The fourth-order valence-electron chi connectivity index (χ4n) is 3.69. The average molecular weight is 363 g/mol. The molecule has 0 aliphatic carbocycles. The molecule has 2 heterocycles. The van der Waals surface area contributed by atoms with Gasteiger partial charge in [0.15, 0.2) is 5.43 Å². The summed E-state index contributed by atoms with van der Waals surface area (Å²) in [5, 5.41) is 10.1. The molecule has 0 unspecified atom stereocenters. The molecule has 27 heavy (non-hydrogen) atoms. The molecule has 1 aliphatic rings. The normalized spacial score (nSPS) is 17.2. The Morgan fingerprint density at radius 2 is 1.85 bits per heavy atom. The Kier molecular flexibility index (Phi) is 4.77. The smallest absolute Gasteiger partial charge is 0.254 e. The largest absolute Gasteiger partial charge is 0.464 e. The highest BCUT2D eigenvalue weighted by Gasteiger charge is 2.26. The van der Waals surface area contributed by atoms with Crippen molar-refractivity contribution in [3.63, 3.8) is 0 Å². The number of rotatable bonds is 3. The van der Waals surface area contributed by atoms with Gasteiger partial charge in [-0.05, 0) is 54.7 Å². The minimum atomic E-state index is -0.0886.